The Kier molecular flexibility index (Phi) is 5.81. The molecule has 0 heterocycles. The van der Waals surface area contributed by atoms with Crippen LogP contribution in [0.15, 0.2) is 84.9 Å². The van der Waals surface area contributed by atoms with Crippen LogP contribution >= 0.6 is 12.2 Å². The highest BCUT2D eigenvalue weighted by Gasteiger charge is 2.11. The van der Waals surface area contributed by atoms with E-state index in [1.54, 1.807) is 0 Å². The van der Waals surface area contributed by atoms with E-state index in [1.165, 1.54) is 16.7 Å². The predicted octanol–water partition coefficient (Wildman–Crippen LogP) is 5.39. The Hall–Kier alpha value is -2.65. The van der Waals surface area contributed by atoms with Gasteiger partial charge in [0.2, 0.25) is 0 Å². The van der Waals surface area contributed by atoms with Crippen molar-refractivity contribution in [1.82, 2.24) is 4.90 Å². The molecule has 25 heavy (non-hydrogen) atoms. The summed E-state index contributed by atoms with van der Waals surface area (Å²) in [5.41, 5.74) is 4.74. The molecule has 3 aromatic carbocycles. The second kappa shape index (κ2) is 8.45. The predicted molar refractivity (Wildman–Crippen MR) is 110 cm³/mol. The van der Waals surface area contributed by atoms with Crippen LogP contribution < -0.4 is 5.32 Å². The first-order valence-electron chi connectivity index (χ1n) is 8.41. The lowest BCUT2D eigenvalue weighted by Crippen LogP contribution is -2.33. The number of nitrogens with zero attached hydrogens (tertiary/aromatic N) is 1. The maximum absolute atomic E-state index is 5.70. The van der Waals surface area contributed by atoms with Crippen LogP contribution in [0.1, 0.15) is 16.7 Å². The fraction of sp³-hybridized carbons (Fsp3) is 0.136. The van der Waals surface area contributed by atoms with Crippen LogP contribution in [0.25, 0.3) is 0 Å². The van der Waals surface area contributed by atoms with E-state index in [0.717, 1.165) is 23.9 Å². The van der Waals surface area contributed by atoms with Crippen molar-refractivity contribution < 1.29 is 0 Å². The quantitative estimate of drug-likeness (QED) is 0.623. The molecule has 0 radical (unpaired) electrons. The topological polar surface area (TPSA) is 15.3 Å². The van der Waals surface area contributed by atoms with Gasteiger partial charge in [0, 0.05) is 18.8 Å². The van der Waals surface area contributed by atoms with Gasteiger partial charge in [-0.1, -0.05) is 78.4 Å². The average molecular weight is 346 g/mol. The van der Waals surface area contributed by atoms with Crippen molar-refractivity contribution in [2.75, 3.05) is 5.32 Å². The molecular formula is C22H22N2S. The van der Waals surface area contributed by atoms with Gasteiger partial charge in [-0.05, 0) is 42.4 Å². The van der Waals surface area contributed by atoms with Crippen LogP contribution in [0.3, 0.4) is 0 Å². The Bertz CT molecular complexity index is 757. The molecule has 0 atom stereocenters. The molecule has 2 nitrogen and oxygen atoms in total. The zero-order valence-corrected chi connectivity index (χ0v) is 15.2. The molecule has 0 amide bonds. The second-order valence-electron chi connectivity index (χ2n) is 6.12. The molecule has 0 aliphatic heterocycles. The van der Waals surface area contributed by atoms with Crippen LogP contribution in [-0.4, -0.2) is 10.0 Å². The third kappa shape index (κ3) is 5.16. The lowest BCUT2D eigenvalue weighted by Gasteiger charge is -2.26. The maximum atomic E-state index is 5.70. The number of anilines is 1. The van der Waals surface area contributed by atoms with Gasteiger partial charge < -0.3 is 10.2 Å². The summed E-state index contributed by atoms with van der Waals surface area (Å²) in [6.07, 6.45) is 0. The summed E-state index contributed by atoms with van der Waals surface area (Å²) in [6.45, 7) is 3.63. The summed E-state index contributed by atoms with van der Waals surface area (Å²) in [5, 5.41) is 4.10. The van der Waals surface area contributed by atoms with Crippen molar-refractivity contribution in [2.45, 2.75) is 20.0 Å². The van der Waals surface area contributed by atoms with Gasteiger partial charge in [0.15, 0.2) is 5.11 Å². The van der Waals surface area contributed by atoms with Gasteiger partial charge in [0.1, 0.15) is 0 Å². The molecule has 3 rings (SSSR count). The average Bonchev–Trinajstić information content (AvgIpc) is 2.65. The third-order valence-electron chi connectivity index (χ3n) is 4.02. The number of hydrogen-bond donors (Lipinski definition) is 1. The zero-order chi connectivity index (χ0) is 17.5. The first-order chi connectivity index (χ1) is 12.2. The molecule has 0 fully saturated rings. The maximum Gasteiger partial charge on any atom is 0.174 e. The van der Waals surface area contributed by atoms with E-state index in [0.29, 0.717) is 0 Å². The molecule has 0 aromatic heterocycles. The third-order valence-corrected chi connectivity index (χ3v) is 4.38. The molecule has 3 heteroatoms. The Morgan fingerprint density at radius 1 is 0.760 bits per heavy atom. The first-order valence-corrected chi connectivity index (χ1v) is 8.82. The van der Waals surface area contributed by atoms with E-state index < -0.39 is 0 Å². The van der Waals surface area contributed by atoms with Crippen molar-refractivity contribution in [1.29, 1.82) is 0 Å². The summed E-state index contributed by atoms with van der Waals surface area (Å²) in [5.74, 6) is 0. The van der Waals surface area contributed by atoms with Crippen LogP contribution in [0.2, 0.25) is 0 Å². The molecule has 0 bridgehead atoms. The number of rotatable bonds is 5. The molecule has 0 aliphatic rings. The number of benzene rings is 3. The summed E-state index contributed by atoms with van der Waals surface area (Å²) >= 11 is 5.70. The molecular weight excluding hydrogens is 324 g/mol. The van der Waals surface area contributed by atoms with Crippen LogP contribution in [0.4, 0.5) is 5.69 Å². The molecule has 0 saturated carbocycles. The van der Waals surface area contributed by atoms with Gasteiger partial charge in [-0.15, -0.1) is 0 Å². The number of thiocarbonyl (C=S) groups is 1. The van der Waals surface area contributed by atoms with Crippen molar-refractivity contribution in [3.63, 3.8) is 0 Å². The Balaban J connectivity index is 1.76. The van der Waals surface area contributed by atoms with E-state index in [1.807, 2.05) is 12.1 Å². The molecule has 0 unspecified atom stereocenters. The Labute approximate surface area is 155 Å². The Morgan fingerprint density at radius 2 is 1.24 bits per heavy atom. The van der Waals surface area contributed by atoms with E-state index in [2.05, 4.69) is 89.9 Å². The van der Waals surface area contributed by atoms with Crippen LogP contribution in [0, 0.1) is 6.92 Å². The van der Waals surface area contributed by atoms with E-state index in [9.17, 15) is 0 Å². The fourth-order valence-corrected chi connectivity index (χ4v) is 2.89. The second-order valence-corrected chi connectivity index (χ2v) is 6.51. The summed E-state index contributed by atoms with van der Waals surface area (Å²) in [6, 6.07) is 29.1. The van der Waals surface area contributed by atoms with E-state index in [4.69, 9.17) is 12.2 Å². The fourth-order valence-electron chi connectivity index (χ4n) is 2.65. The number of aryl methyl sites for hydroxylation is 1. The minimum atomic E-state index is 0.733. The van der Waals surface area contributed by atoms with Crippen LogP contribution in [0.5, 0.6) is 0 Å². The summed E-state index contributed by atoms with van der Waals surface area (Å²) < 4.78 is 0. The van der Waals surface area contributed by atoms with Gasteiger partial charge in [-0.3, -0.25) is 0 Å². The molecule has 0 aliphatic carbocycles. The van der Waals surface area contributed by atoms with E-state index >= 15 is 0 Å². The monoisotopic (exact) mass is 346 g/mol. The normalized spacial score (nSPS) is 10.3. The largest absolute Gasteiger partial charge is 0.340 e. The minimum absolute atomic E-state index is 0.733. The van der Waals surface area contributed by atoms with Gasteiger partial charge in [-0.25, -0.2) is 0 Å². The highest BCUT2D eigenvalue weighted by atomic mass is 32.1. The van der Waals surface area contributed by atoms with E-state index in [-0.39, 0.29) is 0 Å². The Morgan fingerprint density at radius 3 is 1.72 bits per heavy atom. The molecule has 3 aromatic rings. The van der Waals surface area contributed by atoms with Crippen molar-refractivity contribution in [3.05, 3.63) is 102 Å². The lowest BCUT2D eigenvalue weighted by molar-refractivity contribution is 0.413. The minimum Gasteiger partial charge on any atom is -0.340 e. The standard InChI is InChI=1S/C22H22N2S/c1-18-12-14-21(15-13-18)23-22(25)24(16-19-8-4-2-5-9-19)17-20-10-6-3-7-11-20/h2-15H,16-17H2,1H3,(H,23,25). The highest BCUT2D eigenvalue weighted by molar-refractivity contribution is 7.80. The smallest absolute Gasteiger partial charge is 0.174 e. The van der Waals surface area contributed by atoms with Gasteiger partial charge >= 0.3 is 0 Å². The molecule has 0 spiro atoms. The van der Waals surface area contributed by atoms with Gasteiger partial charge in [-0.2, -0.15) is 0 Å². The molecule has 1 N–H and O–H groups in total. The number of hydrogen-bond acceptors (Lipinski definition) is 1. The van der Waals surface area contributed by atoms with Crippen molar-refractivity contribution in [3.8, 4) is 0 Å². The molecule has 0 saturated heterocycles. The van der Waals surface area contributed by atoms with Crippen molar-refractivity contribution >= 4 is 23.0 Å². The van der Waals surface area contributed by atoms with Gasteiger partial charge in [0.05, 0.1) is 0 Å². The first kappa shape index (κ1) is 17.2. The lowest BCUT2D eigenvalue weighted by atomic mass is 10.2. The van der Waals surface area contributed by atoms with Crippen LogP contribution in [-0.2, 0) is 13.1 Å². The van der Waals surface area contributed by atoms with Crippen molar-refractivity contribution in [2.24, 2.45) is 0 Å². The SMILES string of the molecule is Cc1ccc(NC(=S)N(Cc2ccccc2)Cc2ccccc2)cc1. The summed E-state index contributed by atoms with van der Waals surface area (Å²) in [4.78, 5) is 2.19. The number of nitrogens with one attached hydrogen (secondary N) is 1. The molecule has 126 valence electrons. The summed E-state index contributed by atoms with van der Waals surface area (Å²) in [7, 11) is 0. The zero-order valence-electron chi connectivity index (χ0n) is 14.4. The van der Waals surface area contributed by atoms with Gasteiger partial charge in [0.25, 0.3) is 0 Å². The highest BCUT2D eigenvalue weighted by Crippen LogP contribution is 2.14.